The van der Waals surface area contributed by atoms with Gasteiger partial charge in [-0.05, 0) is 54.0 Å². The van der Waals surface area contributed by atoms with Gasteiger partial charge in [0.25, 0.3) is 0 Å². The van der Waals surface area contributed by atoms with Crippen LogP contribution >= 0.6 is 22.6 Å². The van der Waals surface area contributed by atoms with Gasteiger partial charge in [0.15, 0.2) is 6.23 Å². The van der Waals surface area contributed by atoms with Crippen molar-refractivity contribution in [1.82, 2.24) is 9.78 Å². The lowest BCUT2D eigenvalue weighted by Gasteiger charge is -2.23. The van der Waals surface area contributed by atoms with Crippen molar-refractivity contribution >= 4 is 33.5 Å². The van der Waals surface area contributed by atoms with Crippen LogP contribution in [0.3, 0.4) is 0 Å². The van der Waals surface area contributed by atoms with Gasteiger partial charge in [0.05, 0.1) is 18.0 Å². The van der Waals surface area contributed by atoms with Crippen molar-refractivity contribution in [3.8, 4) is 5.75 Å². The number of hydrogen-bond donors (Lipinski definition) is 0. The third-order valence-corrected chi connectivity index (χ3v) is 4.06. The zero-order valence-corrected chi connectivity index (χ0v) is 12.4. The summed E-state index contributed by atoms with van der Waals surface area (Å²) in [5, 5.41) is 5.70. The van der Waals surface area contributed by atoms with Gasteiger partial charge in [-0.3, -0.25) is 0 Å². The lowest BCUT2D eigenvalue weighted by atomic mass is 10.2. The van der Waals surface area contributed by atoms with E-state index in [-0.39, 0.29) is 6.23 Å². The van der Waals surface area contributed by atoms with E-state index in [2.05, 4.69) is 33.8 Å². The summed E-state index contributed by atoms with van der Waals surface area (Å²) in [6.07, 6.45) is 3.45. The van der Waals surface area contributed by atoms with Crippen molar-refractivity contribution in [2.24, 2.45) is 0 Å². The lowest BCUT2D eigenvalue weighted by Crippen LogP contribution is -2.19. The van der Waals surface area contributed by atoms with Crippen molar-refractivity contribution in [2.75, 3.05) is 13.7 Å². The molecule has 0 bridgehead atoms. The molecule has 1 fully saturated rings. The van der Waals surface area contributed by atoms with Gasteiger partial charge < -0.3 is 9.47 Å². The lowest BCUT2D eigenvalue weighted by molar-refractivity contribution is -0.0368. The molecule has 1 aromatic heterocycles. The Morgan fingerprint density at radius 3 is 3.06 bits per heavy atom. The van der Waals surface area contributed by atoms with Crippen LogP contribution in [0.15, 0.2) is 18.2 Å². The van der Waals surface area contributed by atoms with Crippen molar-refractivity contribution < 1.29 is 9.47 Å². The Morgan fingerprint density at radius 1 is 1.44 bits per heavy atom. The minimum absolute atomic E-state index is 0.0665. The van der Waals surface area contributed by atoms with Crippen LogP contribution in [0.25, 0.3) is 10.9 Å². The van der Waals surface area contributed by atoms with Crippen molar-refractivity contribution in [3.05, 3.63) is 21.9 Å². The number of halogens is 1. The quantitative estimate of drug-likeness (QED) is 0.773. The molecular formula is C13H15IN2O2. The first-order valence-electron chi connectivity index (χ1n) is 6.13. The van der Waals surface area contributed by atoms with Crippen LogP contribution in [0.5, 0.6) is 5.75 Å². The third-order valence-electron chi connectivity index (χ3n) is 3.30. The van der Waals surface area contributed by atoms with Crippen LogP contribution in [0, 0.1) is 3.70 Å². The molecule has 0 aliphatic carbocycles. The van der Waals surface area contributed by atoms with Crippen LogP contribution in [-0.4, -0.2) is 23.5 Å². The normalized spacial score (nSPS) is 20.2. The molecule has 0 spiro atoms. The molecule has 1 saturated heterocycles. The topological polar surface area (TPSA) is 36.3 Å². The predicted molar refractivity (Wildman–Crippen MR) is 77.8 cm³/mol. The smallest absolute Gasteiger partial charge is 0.150 e. The maximum atomic E-state index is 5.82. The maximum Gasteiger partial charge on any atom is 0.150 e. The zero-order chi connectivity index (χ0) is 12.5. The van der Waals surface area contributed by atoms with Crippen LogP contribution in [0.1, 0.15) is 25.5 Å². The van der Waals surface area contributed by atoms with Crippen molar-refractivity contribution in [1.29, 1.82) is 0 Å². The predicted octanol–water partition coefficient (Wildman–Crippen LogP) is 3.35. The van der Waals surface area contributed by atoms with Gasteiger partial charge in [0, 0.05) is 6.61 Å². The van der Waals surface area contributed by atoms with Gasteiger partial charge in [0.1, 0.15) is 9.45 Å². The summed E-state index contributed by atoms with van der Waals surface area (Å²) in [5.41, 5.74) is 1.09. The second-order valence-electron chi connectivity index (χ2n) is 4.41. The highest BCUT2D eigenvalue weighted by Gasteiger charge is 2.21. The average Bonchev–Trinajstić information content (AvgIpc) is 2.77. The Kier molecular flexibility index (Phi) is 3.43. The van der Waals surface area contributed by atoms with E-state index in [9.17, 15) is 0 Å². The average molecular weight is 358 g/mol. The minimum atomic E-state index is 0.0665. The Labute approximate surface area is 119 Å². The number of hydrogen-bond acceptors (Lipinski definition) is 3. The minimum Gasteiger partial charge on any atom is -0.496 e. The van der Waals surface area contributed by atoms with Crippen LogP contribution < -0.4 is 4.74 Å². The molecule has 96 valence electrons. The number of methoxy groups -OCH3 is 1. The largest absolute Gasteiger partial charge is 0.496 e. The molecule has 2 aromatic rings. The fourth-order valence-electron chi connectivity index (χ4n) is 2.42. The van der Waals surface area contributed by atoms with Crippen LogP contribution in [-0.2, 0) is 4.74 Å². The molecule has 0 N–H and O–H groups in total. The van der Waals surface area contributed by atoms with E-state index < -0.39 is 0 Å². The van der Waals surface area contributed by atoms with Gasteiger partial charge in [0.2, 0.25) is 0 Å². The summed E-state index contributed by atoms with van der Waals surface area (Å²) in [6, 6.07) is 6.04. The van der Waals surface area contributed by atoms with E-state index in [1.54, 1.807) is 7.11 Å². The summed E-state index contributed by atoms with van der Waals surface area (Å²) in [7, 11) is 1.69. The molecule has 5 heteroatoms. The monoisotopic (exact) mass is 358 g/mol. The second-order valence-corrected chi connectivity index (χ2v) is 5.43. The summed E-state index contributed by atoms with van der Waals surface area (Å²) >= 11 is 2.26. The van der Waals surface area contributed by atoms with E-state index in [1.165, 1.54) is 6.42 Å². The summed E-state index contributed by atoms with van der Waals surface area (Å²) in [6.45, 7) is 0.826. The number of aromatic nitrogens is 2. The molecule has 3 rings (SSSR count). The number of ether oxygens (including phenoxy) is 2. The fourth-order valence-corrected chi connectivity index (χ4v) is 3.20. The number of fused-ring (bicyclic) bond motifs is 1. The molecule has 0 saturated carbocycles. The third kappa shape index (κ3) is 1.99. The van der Waals surface area contributed by atoms with E-state index in [0.29, 0.717) is 0 Å². The molecular weight excluding hydrogens is 343 g/mol. The van der Waals surface area contributed by atoms with Crippen molar-refractivity contribution in [2.45, 2.75) is 25.5 Å². The Morgan fingerprint density at radius 2 is 2.33 bits per heavy atom. The standard InChI is InChI=1S/C13H15IN2O2/c1-17-10-6-4-5-9-12(10)13(14)15-16(9)11-7-2-3-8-18-11/h4-6,11H,2-3,7-8H2,1H3. The van der Waals surface area contributed by atoms with E-state index in [1.807, 2.05) is 16.8 Å². The number of nitrogens with zero attached hydrogens (tertiary/aromatic N) is 2. The van der Waals surface area contributed by atoms with Gasteiger partial charge in [-0.25, -0.2) is 4.68 Å². The van der Waals surface area contributed by atoms with Crippen molar-refractivity contribution in [3.63, 3.8) is 0 Å². The Hall–Kier alpha value is -0.820. The summed E-state index contributed by atoms with van der Waals surface area (Å²) in [5.74, 6) is 0.874. The highest BCUT2D eigenvalue weighted by atomic mass is 127. The number of rotatable bonds is 2. The highest BCUT2D eigenvalue weighted by Crippen LogP contribution is 2.33. The summed E-state index contributed by atoms with van der Waals surface area (Å²) < 4.78 is 14.2. The molecule has 18 heavy (non-hydrogen) atoms. The molecule has 1 aromatic carbocycles. The summed E-state index contributed by atoms with van der Waals surface area (Å²) in [4.78, 5) is 0. The Bertz CT molecular complexity index is 561. The van der Waals surface area contributed by atoms with E-state index in [4.69, 9.17) is 9.47 Å². The van der Waals surface area contributed by atoms with Gasteiger partial charge in [-0.2, -0.15) is 5.10 Å². The van der Waals surface area contributed by atoms with Gasteiger partial charge in [-0.1, -0.05) is 6.07 Å². The van der Waals surface area contributed by atoms with Crippen LogP contribution in [0.4, 0.5) is 0 Å². The van der Waals surface area contributed by atoms with Gasteiger partial charge in [-0.15, -0.1) is 0 Å². The molecule has 1 unspecified atom stereocenters. The first kappa shape index (κ1) is 12.2. The SMILES string of the molecule is COc1cccc2c1c(I)nn2C1CCCCO1. The molecule has 4 nitrogen and oxygen atoms in total. The first-order valence-corrected chi connectivity index (χ1v) is 7.21. The molecule has 2 heterocycles. The molecule has 0 amide bonds. The molecule has 1 aliphatic rings. The van der Waals surface area contributed by atoms with Crippen LogP contribution in [0.2, 0.25) is 0 Å². The number of benzene rings is 1. The molecule has 1 atom stereocenters. The maximum absolute atomic E-state index is 5.82. The second kappa shape index (κ2) is 5.05. The van der Waals surface area contributed by atoms with E-state index in [0.717, 1.165) is 39.8 Å². The highest BCUT2D eigenvalue weighted by molar-refractivity contribution is 14.1. The molecule has 1 aliphatic heterocycles. The van der Waals surface area contributed by atoms with E-state index >= 15 is 0 Å². The molecule has 0 radical (unpaired) electrons. The first-order chi connectivity index (χ1) is 8.81. The van der Waals surface area contributed by atoms with Gasteiger partial charge >= 0.3 is 0 Å². The zero-order valence-electron chi connectivity index (χ0n) is 10.2. The fraction of sp³-hybridized carbons (Fsp3) is 0.462. The Balaban J connectivity index is 2.12.